The van der Waals surface area contributed by atoms with E-state index < -0.39 is 0 Å². The van der Waals surface area contributed by atoms with Crippen molar-refractivity contribution in [3.63, 3.8) is 0 Å². The zero-order valence-corrected chi connectivity index (χ0v) is 9.91. The molecule has 0 N–H and O–H groups in total. The van der Waals surface area contributed by atoms with Crippen molar-refractivity contribution in [2.45, 2.75) is 5.33 Å². The van der Waals surface area contributed by atoms with Crippen molar-refractivity contribution in [1.29, 1.82) is 0 Å². The summed E-state index contributed by atoms with van der Waals surface area (Å²) in [7, 11) is 0. The molecule has 2 heterocycles. The highest BCUT2D eigenvalue weighted by Crippen LogP contribution is 2.23. The van der Waals surface area contributed by atoms with Crippen molar-refractivity contribution < 1.29 is 0 Å². The standard InChI is InChI=1S/C7H4Br2N2S/c8-2-6-11-5-1-4(9)3-10-7(5)12-6/h1,3H,2H2. The van der Waals surface area contributed by atoms with Gasteiger partial charge in [0.05, 0.1) is 5.33 Å². The summed E-state index contributed by atoms with van der Waals surface area (Å²) in [6.45, 7) is 0. The van der Waals surface area contributed by atoms with Gasteiger partial charge in [0.15, 0.2) is 0 Å². The van der Waals surface area contributed by atoms with Crippen LogP contribution >= 0.6 is 43.2 Å². The number of hydrogen-bond acceptors (Lipinski definition) is 3. The lowest BCUT2D eigenvalue weighted by Crippen LogP contribution is -1.74. The predicted octanol–water partition coefficient (Wildman–Crippen LogP) is 3.35. The molecule has 0 aliphatic rings. The van der Waals surface area contributed by atoms with Gasteiger partial charge >= 0.3 is 0 Å². The summed E-state index contributed by atoms with van der Waals surface area (Å²) in [6, 6.07) is 1.98. The Hall–Kier alpha value is -0.0000000000000000833. The van der Waals surface area contributed by atoms with E-state index in [0.29, 0.717) is 0 Å². The Labute approximate surface area is 90.3 Å². The van der Waals surface area contributed by atoms with Gasteiger partial charge in [-0.3, -0.25) is 0 Å². The van der Waals surface area contributed by atoms with Crippen LogP contribution in [-0.2, 0) is 5.33 Å². The Kier molecular flexibility index (Phi) is 2.43. The summed E-state index contributed by atoms with van der Waals surface area (Å²) >= 11 is 8.33. The summed E-state index contributed by atoms with van der Waals surface area (Å²) in [6.07, 6.45) is 1.79. The Morgan fingerprint density at radius 1 is 1.50 bits per heavy atom. The molecule has 2 rings (SSSR count). The molecule has 62 valence electrons. The van der Waals surface area contributed by atoms with Gasteiger partial charge in [-0.2, -0.15) is 0 Å². The second-order valence-corrected chi connectivity index (χ2v) is 4.76. The number of thiazole rings is 1. The lowest BCUT2D eigenvalue weighted by molar-refractivity contribution is 1.31. The topological polar surface area (TPSA) is 25.8 Å². The van der Waals surface area contributed by atoms with Crippen LogP contribution in [0.25, 0.3) is 10.3 Å². The van der Waals surface area contributed by atoms with Crippen LogP contribution in [0.3, 0.4) is 0 Å². The largest absolute Gasteiger partial charge is 0.242 e. The molecule has 2 nitrogen and oxygen atoms in total. The number of pyridine rings is 1. The number of halogens is 2. The normalized spacial score (nSPS) is 10.8. The van der Waals surface area contributed by atoms with E-state index in [1.807, 2.05) is 6.07 Å². The van der Waals surface area contributed by atoms with Crippen molar-refractivity contribution in [1.82, 2.24) is 9.97 Å². The maximum absolute atomic E-state index is 4.37. The van der Waals surface area contributed by atoms with Crippen LogP contribution in [0.5, 0.6) is 0 Å². The van der Waals surface area contributed by atoms with Crippen LogP contribution in [-0.4, -0.2) is 9.97 Å². The van der Waals surface area contributed by atoms with Crippen LogP contribution in [0.1, 0.15) is 5.01 Å². The maximum Gasteiger partial charge on any atom is 0.143 e. The van der Waals surface area contributed by atoms with E-state index in [0.717, 1.165) is 25.2 Å². The minimum Gasteiger partial charge on any atom is -0.242 e. The van der Waals surface area contributed by atoms with Crippen molar-refractivity contribution in [2.75, 3.05) is 0 Å². The van der Waals surface area contributed by atoms with Crippen LogP contribution in [0.2, 0.25) is 0 Å². The third-order valence-electron chi connectivity index (χ3n) is 1.37. The number of nitrogens with zero attached hydrogens (tertiary/aromatic N) is 2. The van der Waals surface area contributed by atoms with Gasteiger partial charge in [-0.15, -0.1) is 0 Å². The third-order valence-corrected chi connectivity index (χ3v) is 3.69. The van der Waals surface area contributed by atoms with Crippen molar-refractivity contribution in [2.24, 2.45) is 0 Å². The van der Waals surface area contributed by atoms with E-state index in [2.05, 4.69) is 41.8 Å². The second kappa shape index (κ2) is 3.40. The van der Waals surface area contributed by atoms with E-state index in [1.54, 1.807) is 17.5 Å². The Morgan fingerprint density at radius 2 is 2.33 bits per heavy atom. The number of fused-ring (bicyclic) bond motifs is 1. The molecule has 2 aromatic heterocycles. The summed E-state index contributed by atoms with van der Waals surface area (Å²) < 4.78 is 0.974. The van der Waals surface area contributed by atoms with Gasteiger partial charge in [-0.1, -0.05) is 27.3 Å². The highest BCUT2D eigenvalue weighted by atomic mass is 79.9. The van der Waals surface area contributed by atoms with E-state index >= 15 is 0 Å². The molecule has 0 radical (unpaired) electrons. The molecule has 2 aromatic rings. The molecule has 5 heteroatoms. The zero-order valence-electron chi connectivity index (χ0n) is 5.92. The van der Waals surface area contributed by atoms with Crippen LogP contribution in [0, 0.1) is 0 Å². The number of alkyl halides is 1. The maximum atomic E-state index is 4.37. The molecular weight excluding hydrogens is 304 g/mol. The van der Waals surface area contributed by atoms with Gasteiger partial charge in [0.2, 0.25) is 0 Å². The fraction of sp³-hybridized carbons (Fsp3) is 0.143. The molecule has 0 fully saturated rings. The first kappa shape index (κ1) is 8.59. The molecule has 0 bridgehead atoms. The van der Waals surface area contributed by atoms with E-state index in [-0.39, 0.29) is 0 Å². The van der Waals surface area contributed by atoms with Crippen LogP contribution < -0.4 is 0 Å². The van der Waals surface area contributed by atoms with Crippen LogP contribution in [0.15, 0.2) is 16.7 Å². The van der Waals surface area contributed by atoms with Gasteiger partial charge in [0, 0.05) is 10.7 Å². The number of rotatable bonds is 1. The predicted molar refractivity (Wildman–Crippen MR) is 57.7 cm³/mol. The Balaban J connectivity index is 2.67. The Bertz CT molecular complexity index is 413. The molecule has 0 aromatic carbocycles. The van der Waals surface area contributed by atoms with Gasteiger partial charge in [-0.05, 0) is 22.0 Å². The van der Waals surface area contributed by atoms with Crippen molar-refractivity contribution in [3.05, 3.63) is 21.7 Å². The second-order valence-electron chi connectivity index (χ2n) is 2.22. The summed E-state index contributed by atoms with van der Waals surface area (Å²) in [5.74, 6) is 0. The molecule has 0 saturated heterocycles. The monoisotopic (exact) mass is 306 g/mol. The average molecular weight is 308 g/mol. The molecule has 0 amide bonds. The highest BCUT2D eigenvalue weighted by molar-refractivity contribution is 9.10. The lowest BCUT2D eigenvalue weighted by atomic mass is 10.5. The molecular formula is C7H4Br2N2S. The zero-order chi connectivity index (χ0) is 8.55. The average Bonchev–Trinajstić information content (AvgIpc) is 2.46. The molecule has 0 unspecified atom stereocenters. The van der Waals surface area contributed by atoms with Crippen molar-refractivity contribution in [3.8, 4) is 0 Å². The van der Waals surface area contributed by atoms with Crippen LogP contribution in [0.4, 0.5) is 0 Å². The molecule has 0 aliphatic carbocycles. The van der Waals surface area contributed by atoms with Gasteiger partial charge in [0.25, 0.3) is 0 Å². The molecule has 12 heavy (non-hydrogen) atoms. The van der Waals surface area contributed by atoms with Gasteiger partial charge in [0.1, 0.15) is 15.4 Å². The highest BCUT2D eigenvalue weighted by Gasteiger charge is 2.03. The van der Waals surface area contributed by atoms with Gasteiger partial charge < -0.3 is 0 Å². The first-order chi connectivity index (χ1) is 5.79. The summed E-state index contributed by atoms with van der Waals surface area (Å²) in [5, 5.41) is 1.86. The quantitative estimate of drug-likeness (QED) is 0.755. The minimum atomic E-state index is 0.797. The molecule has 0 atom stereocenters. The fourth-order valence-corrected chi connectivity index (χ4v) is 2.42. The summed E-state index contributed by atoms with van der Waals surface area (Å²) in [5.41, 5.74) is 0.962. The van der Waals surface area contributed by atoms with E-state index in [4.69, 9.17) is 0 Å². The van der Waals surface area contributed by atoms with E-state index in [1.165, 1.54) is 0 Å². The SMILES string of the molecule is BrCc1nc2cc(Br)cnc2s1. The van der Waals surface area contributed by atoms with Gasteiger partial charge in [-0.25, -0.2) is 9.97 Å². The molecule has 0 spiro atoms. The summed E-state index contributed by atoms with van der Waals surface area (Å²) in [4.78, 5) is 9.60. The first-order valence-electron chi connectivity index (χ1n) is 3.26. The minimum absolute atomic E-state index is 0.797. The number of aromatic nitrogens is 2. The molecule has 0 saturated carbocycles. The fourth-order valence-electron chi connectivity index (χ4n) is 0.901. The number of hydrogen-bond donors (Lipinski definition) is 0. The third kappa shape index (κ3) is 1.53. The first-order valence-corrected chi connectivity index (χ1v) is 5.99. The Morgan fingerprint density at radius 3 is 3.08 bits per heavy atom. The molecule has 0 aliphatic heterocycles. The van der Waals surface area contributed by atoms with Crippen molar-refractivity contribution >= 4 is 53.5 Å². The smallest absolute Gasteiger partial charge is 0.143 e. The van der Waals surface area contributed by atoms with E-state index in [9.17, 15) is 0 Å². The lowest BCUT2D eigenvalue weighted by Gasteiger charge is -1.86.